The molecule has 0 amide bonds. The SMILES string of the molecule is [2H]C([2H])([2H])c1cc(C)c(-c2ccc([Si](C)(C)C)c[n+]2C)cc1-c1ccc(SC(C)C)cc1. The van der Waals surface area contributed by atoms with Crippen molar-refractivity contribution in [3.63, 3.8) is 0 Å². The summed E-state index contributed by atoms with van der Waals surface area (Å²) in [6.45, 7) is 11.2. The molecule has 0 aliphatic heterocycles. The van der Waals surface area contributed by atoms with Crippen molar-refractivity contribution in [3.8, 4) is 22.4 Å². The Morgan fingerprint density at radius 1 is 0.931 bits per heavy atom. The molecule has 0 unspecified atom stereocenters. The molecule has 1 nitrogen and oxygen atoms in total. The second-order valence-corrected chi connectivity index (χ2v) is 15.8. The average molecular weight is 424 g/mol. The molecule has 1 heterocycles. The van der Waals surface area contributed by atoms with Crippen LogP contribution in [0.25, 0.3) is 22.4 Å². The summed E-state index contributed by atoms with van der Waals surface area (Å²) in [5.74, 6) is 0. The lowest BCUT2D eigenvalue weighted by molar-refractivity contribution is -0.659. The Bertz CT molecular complexity index is 1110. The Balaban J connectivity index is 2.17. The highest BCUT2D eigenvalue weighted by Gasteiger charge is 2.22. The van der Waals surface area contributed by atoms with Gasteiger partial charge in [0.05, 0.1) is 8.07 Å². The topological polar surface area (TPSA) is 3.88 Å². The van der Waals surface area contributed by atoms with Gasteiger partial charge < -0.3 is 0 Å². The largest absolute Gasteiger partial charge is 0.212 e. The minimum atomic E-state index is -2.17. The van der Waals surface area contributed by atoms with Gasteiger partial charge in [0.25, 0.3) is 0 Å². The molecule has 152 valence electrons. The molecule has 0 spiro atoms. The van der Waals surface area contributed by atoms with Gasteiger partial charge in [-0.15, -0.1) is 11.8 Å². The standard InChI is InChI=1S/C26H34NSSi/c1-18(2)28-22-11-9-21(10-12-22)24-16-25(20(4)15-19(24)3)26-14-13-23(17-27(26)5)29(6,7)8/h9-18H,1-8H3/q+1/i3D3. The third-order valence-electron chi connectivity index (χ3n) is 5.18. The lowest BCUT2D eigenvalue weighted by Gasteiger charge is -2.16. The number of hydrogen-bond donors (Lipinski definition) is 0. The van der Waals surface area contributed by atoms with Crippen molar-refractivity contribution < 1.29 is 8.68 Å². The Hall–Kier alpha value is -1.84. The van der Waals surface area contributed by atoms with E-state index >= 15 is 0 Å². The van der Waals surface area contributed by atoms with E-state index in [0.29, 0.717) is 10.8 Å². The number of pyridine rings is 1. The zero-order valence-electron chi connectivity index (χ0n) is 21.6. The highest BCUT2D eigenvalue weighted by Crippen LogP contribution is 2.32. The molecule has 0 bridgehead atoms. The van der Waals surface area contributed by atoms with E-state index in [2.05, 4.69) is 81.6 Å². The summed E-state index contributed by atoms with van der Waals surface area (Å²) in [5.41, 5.74) is 5.26. The van der Waals surface area contributed by atoms with E-state index in [4.69, 9.17) is 4.11 Å². The smallest absolute Gasteiger partial charge is 0.201 e. The fraction of sp³-hybridized carbons (Fsp3) is 0.346. The molecular weight excluding hydrogens is 386 g/mol. The maximum atomic E-state index is 8.14. The van der Waals surface area contributed by atoms with E-state index in [1.807, 2.05) is 36.9 Å². The zero-order chi connectivity index (χ0) is 23.8. The summed E-state index contributed by atoms with van der Waals surface area (Å²) < 4.78 is 26.6. The molecule has 0 aliphatic rings. The van der Waals surface area contributed by atoms with Crippen molar-refractivity contribution in [1.82, 2.24) is 0 Å². The summed E-state index contributed by atoms with van der Waals surface area (Å²) in [7, 11) is 0.663. The molecule has 3 aromatic rings. The van der Waals surface area contributed by atoms with Crippen LogP contribution in [-0.2, 0) is 7.05 Å². The van der Waals surface area contributed by atoms with Gasteiger partial charge in [0, 0.05) is 31.1 Å². The summed E-state index contributed by atoms with van der Waals surface area (Å²) in [4.78, 5) is 1.19. The van der Waals surface area contributed by atoms with Crippen molar-refractivity contribution in [3.05, 3.63) is 65.9 Å². The fourth-order valence-corrected chi connectivity index (χ4v) is 5.54. The van der Waals surface area contributed by atoms with Gasteiger partial charge in [0.2, 0.25) is 5.69 Å². The van der Waals surface area contributed by atoms with E-state index in [-0.39, 0.29) is 0 Å². The van der Waals surface area contributed by atoms with Crippen LogP contribution in [0.3, 0.4) is 0 Å². The van der Waals surface area contributed by atoms with Gasteiger partial charge >= 0.3 is 0 Å². The Kier molecular flexibility index (Phi) is 5.26. The zero-order valence-corrected chi connectivity index (χ0v) is 20.4. The predicted molar refractivity (Wildman–Crippen MR) is 132 cm³/mol. The summed E-state index contributed by atoms with van der Waals surface area (Å²) in [6.07, 6.45) is 2.23. The average Bonchev–Trinajstić information content (AvgIpc) is 2.67. The number of hydrogen-bond acceptors (Lipinski definition) is 1. The van der Waals surface area contributed by atoms with Crippen molar-refractivity contribution >= 4 is 25.0 Å². The number of benzene rings is 2. The molecule has 29 heavy (non-hydrogen) atoms. The van der Waals surface area contributed by atoms with Crippen molar-refractivity contribution in [2.45, 2.75) is 57.4 Å². The number of aromatic nitrogens is 1. The van der Waals surface area contributed by atoms with Crippen LogP contribution in [0.4, 0.5) is 0 Å². The third kappa shape index (κ3) is 5.02. The van der Waals surface area contributed by atoms with E-state index in [1.54, 1.807) is 0 Å². The first-order chi connectivity index (χ1) is 14.8. The first-order valence-corrected chi connectivity index (χ1v) is 14.6. The maximum Gasteiger partial charge on any atom is 0.212 e. The van der Waals surface area contributed by atoms with Crippen LogP contribution in [0, 0.1) is 13.8 Å². The summed E-state index contributed by atoms with van der Waals surface area (Å²) in [5, 5.41) is 1.91. The van der Waals surface area contributed by atoms with Gasteiger partial charge in [0.1, 0.15) is 7.05 Å². The van der Waals surface area contributed by atoms with E-state index in [9.17, 15) is 0 Å². The van der Waals surface area contributed by atoms with Gasteiger partial charge in [-0.2, -0.15) is 0 Å². The molecule has 0 fully saturated rings. The van der Waals surface area contributed by atoms with Crippen LogP contribution in [0.1, 0.15) is 29.1 Å². The molecule has 1 aromatic heterocycles. The van der Waals surface area contributed by atoms with Crippen LogP contribution < -0.4 is 9.75 Å². The number of thioether (sulfide) groups is 1. The quantitative estimate of drug-likeness (QED) is 0.257. The van der Waals surface area contributed by atoms with E-state index < -0.39 is 14.9 Å². The number of nitrogens with zero attached hydrogens (tertiary/aromatic N) is 1. The first-order valence-electron chi connectivity index (χ1n) is 11.7. The highest BCUT2D eigenvalue weighted by atomic mass is 32.2. The van der Waals surface area contributed by atoms with Crippen molar-refractivity contribution in [1.29, 1.82) is 0 Å². The third-order valence-corrected chi connectivity index (χ3v) is 8.22. The Morgan fingerprint density at radius 2 is 1.62 bits per heavy atom. The van der Waals surface area contributed by atoms with Crippen LogP contribution in [0.15, 0.2) is 59.6 Å². The fourth-order valence-electron chi connectivity index (χ4n) is 3.54. The lowest BCUT2D eigenvalue weighted by atomic mass is 9.93. The molecule has 0 atom stereocenters. The number of aryl methyl sites for hydroxylation is 3. The second-order valence-electron chi connectivity index (χ2n) is 9.07. The maximum absolute atomic E-state index is 8.14. The predicted octanol–water partition coefficient (Wildman–Crippen LogP) is 6.51. The normalized spacial score (nSPS) is 13.9. The van der Waals surface area contributed by atoms with Gasteiger partial charge in [0.15, 0.2) is 6.20 Å². The molecule has 0 N–H and O–H groups in total. The summed E-state index contributed by atoms with van der Waals surface area (Å²) >= 11 is 1.81. The molecule has 3 rings (SSSR count). The molecule has 0 aliphatic carbocycles. The lowest BCUT2D eigenvalue weighted by Crippen LogP contribution is -2.44. The van der Waals surface area contributed by atoms with Crippen molar-refractivity contribution in [2.24, 2.45) is 7.05 Å². The molecular formula is C26H34NSSi+. The second kappa shape index (κ2) is 8.49. The van der Waals surface area contributed by atoms with Gasteiger partial charge in [-0.05, 0) is 54.2 Å². The highest BCUT2D eigenvalue weighted by molar-refractivity contribution is 7.99. The van der Waals surface area contributed by atoms with Crippen molar-refractivity contribution in [2.75, 3.05) is 0 Å². The molecule has 0 saturated heterocycles. The Labute approximate surface area is 186 Å². The molecule has 3 heteroatoms. The van der Waals surface area contributed by atoms with Gasteiger partial charge in [-0.25, -0.2) is 4.57 Å². The summed E-state index contributed by atoms with van der Waals surface area (Å²) in [6, 6.07) is 16.6. The van der Waals surface area contributed by atoms with Crippen LogP contribution >= 0.6 is 11.8 Å². The van der Waals surface area contributed by atoms with Crippen LogP contribution in [0.5, 0.6) is 0 Å². The van der Waals surface area contributed by atoms with E-state index in [0.717, 1.165) is 27.9 Å². The van der Waals surface area contributed by atoms with Gasteiger partial charge in [-0.3, -0.25) is 0 Å². The number of rotatable bonds is 5. The molecule has 0 saturated carbocycles. The first kappa shape index (κ1) is 18.0. The van der Waals surface area contributed by atoms with E-state index in [1.165, 1.54) is 10.1 Å². The minimum absolute atomic E-state index is 0.407. The monoisotopic (exact) mass is 423 g/mol. The molecule has 2 aromatic carbocycles. The molecule has 0 radical (unpaired) electrons. The minimum Gasteiger partial charge on any atom is -0.201 e. The van der Waals surface area contributed by atoms with Gasteiger partial charge in [-0.1, -0.05) is 57.8 Å². The van der Waals surface area contributed by atoms with Crippen LogP contribution in [-0.4, -0.2) is 13.3 Å². The van der Waals surface area contributed by atoms with Crippen LogP contribution in [0.2, 0.25) is 19.6 Å². The Morgan fingerprint density at radius 3 is 2.17 bits per heavy atom.